The number of rotatable bonds is 5. The zero-order valence-corrected chi connectivity index (χ0v) is 16.0. The molecule has 1 atom stereocenters. The number of methoxy groups -OCH3 is 1. The second-order valence-corrected chi connectivity index (χ2v) is 7.41. The van der Waals surface area contributed by atoms with Gasteiger partial charge in [0.1, 0.15) is 11.4 Å². The summed E-state index contributed by atoms with van der Waals surface area (Å²) in [6.45, 7) is 1.18. The van der Waals surface area contributed by atoms with Gasteiger partial charge in [-0.1, -0.05) is 24.3 Å². The molecule has 1 unspecified atom stereocenters. The molecule has 28 heavy (non-hydrogen) atoms. The van der Waals surface area contributed by atoms with Crippen LogP contribution in [0.3, 0.4) is 0 Å². The molecule has 0 saturated heterocycles. The standard InChI is InChI=1S/C19H18F3N3O2S/c1-27-15-7-5-13(6-8-15)11-25-9-3-4-14(12-25)16-10-17(19(20,21)22)24-18(23-16)28(2)26/h3-8,10,12H,9,11H2,1-2H3. The van der Waals surface area contributed by atoms with Crippen LogP contribution in [0.25, 0.3) is 5.57 Å². The largest absolute Gasteiger partial charge is 0.497 e. The quantitative estimate of drug-likeness (QED) is 0.706. The van der Waals surface area contributed by atoms with Crippen molar-refractivity contribution in [3.05, 3.63) is 65.6 Å². The smallest absolute Gasteiger partial charge is 0.433 e. The number of benzene rings is 1. The van der Waals surface area contributed by atoms with E-state index in [4.69, 9.17) is 4.74 Å². The molecule has 148 valence electrons. The van der Waals surface area contributed by atoms with E-state index in [1.807, 2.05) is 35.2 Å². The third-order valence-electron chi connectivity index (χ3n) is 4.05. The fourth-order valence-electron chi connectivity index (χ4n) is 2.68. The molecule has 2 heterocycles. The number of alkyl halides is 3. The fourth-order valence-corrected chi connectivity index (χ4v) is 3.14. The third kappa shape index (κ3) is 4.78. The molecule has 0 fully saturated rings. The van der Waals surface area contributed by atoms with Crippen LogP contribution >= 0.6 is 0 Å². The van der Waals surface area contributed by atoms with Crippen LogP contribution in [0.5, 0.6) is 5.75 Å². The average Bonchev–Trinajstić information content (AvgIpc) is 2.68. The number of halogens is 3. The summed E-state index contributed by atoms with van der Waals surface area (Å²) in [6.07, 6.45) is 1.90. The van der Waals surface area contributed by atoms with Crippen molar-refractivity contribution >= 4 is 16.4 Å². The van der Waals surface area contributed by atoms with E-state index in [-0.39, 0.29) is 10.9 Å². The number of hydrogen-bond acceptors (Lipinski definition) is 5. The summed E-state index contributed by atoms with van der Waals surface area (Å²) >= 11 is 0. The van der Waals surface area contributed by atoms with Gasteiger partial charge in [-0.3, -0.25) is 4.21 Å². The first kappa shape index (κ1) is 20.1. The molecule has 1 aliphatic heterocycles. The number of allylic oxidation sites excluding steroid dienone is 2. The Hall–Kier alpha value is -2.68. The lowest BCUT2D eigenvalue weighted by Crippen LogP contribution is -2.20. The van der Waals surface area contributed by atoms with Gasteiger partial charge in [-0.25, -0.2) is 9.97 Å². The zero-order valence-electron chi connectivity index (χ0n) is 15.2. The molecule has 0 aliphatic carbocycles. The van der Waals surface area contributed by atoms with Gasteiger partial charge in [0, 0.05) is 31.1 Å². The van der Waals surface area contributed by atoms with Gasteiger partial charge in [0.2, 0.25) is 5.16 Å². The molecule has 5 nitrogen and oxygen atoms in total. The minimum atomic E-state index is -4.65. The van der Waals surface area contributed by atoms with Gasteiger partial charge >= 0.3 is 6.18 Å². The van der Waals surface area contributed by atoms with Crippen molar-refractivity contribution in [3.8, 4) is 5.75 Å². The number of ether oxygens (including phenoxy) is 1. The highest BCUT2D eigenvalue weighted by Crippen LogP contribution is 2.30. The van der Waals surface area contributed by atoms with Crippen molar-refractivity contribution in [2.24, 2.45) is 0 Å². The Balaban J connectivity index is 1.90. The third-order valence-corrected chi connectivity index (χ3v) is 4.75. The van der Waals surface area contributed by atoms with Gasteiger partial charge in [0.25, 0.3) is 0 Å². The van der Waals surface area contributed by atoms with Crippen LogP contribution in [-0.4, -0.2) is 39.0 Å². The van der Waals surface area contributed by atoms with E-state index in [1.165, 1.54) is 6.26 Å². The van der Waals surface area contributed by atoms with Crippen LogP contribution in [0.2, 0.25) is 0 Å². The molecule has 0 bridgehead atoms. The molecule has 0 N–H and O–H groups in total. The molecule has 1 aromatic heterocycles. The summed E-state index contributed by atoms with van der Waals surface area (Å²) in [7, 11) is -0.140. The summed E-state index contributed by atoms with van der Waals surface area (Å²) in [5, 5.41) is -0.341. The Morgan fingerprint density at radius 2 is 1.93 bits per heavy atom. The van der Waals surface area contributed by atoms with Crippen molar-refractivity contribution < 1.29 is 22.1 Å². The van der Waals surface area contributed by atoms with Gasteiger partial charge in [-0.05, 0) is 23.8 Å². The zero-order chi connectivity index (χ0) is 20.3. The summed E-state index contributed by atoms with van der Waals surface area (Å²) in [4.78, 5) is 9.40. The van der Waals surface area contributed by atoms with E-state index in [2.05, 4.69) is 9.97 Å². The second kappa shape index (κ2) is 8.14. The van der Waals surface area contributed by atoms with E-state index in [1.54, 1.807) is 19.4 Å². The van der Waals surface area contributed by atoms with Crippen LogP contribution < -0.4 is 4.74 Å². The van der Waals surface area contributed by atoms with Gasteiger partial charge in [-0.15, -0.1) is 0 Å². The lowest BCUT2D eigenvalue weighted by Gasteiger charge is -2.23. The molecule has 0 saturated carbocycles. The number of aromatic nitrogens is 2. The Labute approximate surface area is 163 Å². The maximum Gasteiger partial charge on any atom is 0.433 e. The molecule has 1 aliphatic rings. The van der Waals surface area contributed by atoms with E-state index in [0.29, 0.717) is 18.7 Å². The molecular formula is C19H18F3N3O2S. The molecule has 0 radical (unpaired) electrons. The molecule has 9 heteroatoms. The van der Waals surface area contributed by atoms with Crippen LogP contribution in [0.4, 0.5) is 13.2 Å². The van der Waals surface area contributed by atoms with Crippen LogP contribution in [-0.2, 0) is 23.5 Å². The van der Waals surface area contributed by atoms with Crippen molar-refractivity contribution in [1.82, 2.24) is 14.9 Å². The van der Waals surface area contributed by atoms with E-state index >= 15 is 0 Å². The maximum absolute atomic E-state index is 13.2. The van der Waals surface area contributed by atoms with E-state index < -0.39 is 22.7 Å². The Kier molecular flexibility index (Phi) is 5.83. The number of hydrogen-bond donors (Lipinski definition) is 0. The molecule has 0 amide bonds. The molecule has 2 aromatic rings. The first-order chi connectivity index (χ1) is 13.3. The predicted molar refractivity (Wildman–Crippen MR) is 99.9 cm³/mol. The first-order valence-corrected chi connectivity index (χ1v) is 9.87. The summed E-state index contributed by atoms with van der Waals surface area (Å²) in [5.41, 5.74) is 0.507. The van der Waals surface area contributed by atoms with E-state index in [9.17, 15) is 17.4 Å². The van der Waals surface area contributed by atoms with Crippen LogP contribution in [0, 0.1) is 0 Å². The maximum atomic E-state index is 13.2. The Bertz CT molecular complexity index is 940. The topological polar surface area (TPSA) is 55.3 Å². The Morgan fingerprint density at radius 1 is 1.21 bits per heavy atom. The van der Waals surface area contributed by atoms with Crippen LogP contribution in [0.1, 0.15) is 17.0 Å². The van der Waals surface area contributed by atoms with Gasteiger partial charge < -0.3 is 9.64 Å². The monoisotopic (exact) mass is 409 g/mol. The summed E-state index contributed by atoms with van der Waals surface area (Å²) < 4.78 is 56.3. The molecular weight excluding hydrogens is 391 g/mol. The summed E-state index contributed by atoms with van der Waals surface area (Å²) in [6, 6.07) is 8.43. The van der Waals surface area contributed by atoms with Crippen molar-refractivity contribution in [2.45, 2.75) is 17.9 Å². The fraction of sp³-hybridized carbons (Fsp3) is 0.263. The van der Waals surface area contributed by atoms with Crippen LogP contribution in [0.15, 0.2) is 53.8 Å². The van der Waals surface area contributed by atoms with Gasteiger partial charge in [0.05, 0.1) is 23.6 Å². The van der Waals surface area contributed by atoms with E-state index in [0.717, 1.165) is 17.4 Å². The lowest BCUT2D eigenvalue weighted by molar-refractivity contribution is -0.141. The SMILES string of the molecule is COc1ccc(CN2C=C(c3cc(C(F)(F)F)nc(S(C)=O)n3)C=CC2)cc1. The van der Waals surface area contributed by atoms with Crippen molar-refractivity contribution in [3.63, 3.8) is 0 Å². The normalized spacial score (nSPS) is 15.3. The molecule has 0 spiro atoms. The average molecular weight is 409 g/mol. The lowest BCUT2D eigenvalue weighted by atomic mass is 10.1. The van der Waals surface area contributed by atoms with Gasteiger partial charge in [0.15, 0.2) is 0 Å². The highest BCUT2D eigenvalue weighted by atomic mass is 32.2. The minimum absolute atomic E-state index is 0.0863. The summed E-state index contributed by atoms with van der Waals surface area (Å²) in [5.74, 6) is 0.749. The second-order valence-electron chi connectivity index (χ2n) is 6.14. The Morgan fingerprint density at radius 3 is 2.54 bits per heavy atom. The molecule has 3 rings (SSSR count). The minimum Gasteiger partial charge on any atom is -0.497 e. The highest BCUT2D eigenvalue weighted by molar-refractivity contribution is 7.84. The van der Waals surface area contributed by atoms with Crippen molar-refractivity contribution in [2.75, 3.05) is 19.9 Å². The predicted octanol–water partition coefficient (Wildman–Crippen LogP) is 3.65. The highest BCUT2D eigenvalue weighted by Gasteiger charge is 2.34. The number of nitrogens with zero attached hydrogens (tertiary/aromatic N) is 3. The van der Waals surface area contributed by atoms with Gasteiger partial charge in [-0.2, -0.15) is 13.2 Å². The van der Waals surface area contributed by atoms with Crippen molar-refractivity contribution in [1.29, 1.82) is 0 Å². The first-order valence-electron chi connectivity index (χ1n) is 8.31. The molecule has 1 aromatic carbocycles.